The third kappa shape index (κ3) is 7.22. The van der Waals surface area contributed by atoms with Gasteiger partial charge in [-0.2, -0.15) is 0 Å². The molecule has 2 rings (SSSR count). The minimum atomic E-state index is -3.94. The highest BCUT2D eigenvalue weighted by atomic mass is 32.7. The molecular formula is C18H35O8PS. The summed E-state index contributed by atoms with van der Waals surface area (Å²) in [6, 6.07) is 0. The maximum absolute atomic E-state index is 12.6. The van der Waals surface area contributed by atoms with E-state index < -0.39 is 31.2 Å². The number of aliphatic hydroxyl groups is 1. The van der Waals surface area contributed by atoms with Gasteiger partial charge in [0.1, 0.15) is 18.3 Å². The van der Waals surface area contributed by atoms with Crippen LogP contribution in [0.15, 0.2) is 0 Å². The zero-order valence-corrected chi connectivity index (χ0v) is 19.2. The minimum absolute atomic E-state index is 0.00348. The molecular weight excluding hydrogens is 407 g/mol. The normalized spacial score (nSPS) is 38.4. The number of rotatable bonds is 10. The van der Waals surface area contributed by atoms with Gasteiger partial charge in [-0.05, 0) is 59.3 Å². The van der Waals surface area contributed by atoms with E-state index in [0.717, 1.165) is 11.4 Å². The summed E-state index contributed by atoms with van der Waals surface area (Å²) in [5.41, 5.74) is 0. The zero-order valence-electron chi connectivity index (χ0n) is 17.5. The topological polar surface area (TPSA) is 104 Å². The van der Waals surface area contributed by atoms with Crippen molar-refractivity contribution < 1.29 is 38.0 Å². The molecule has 166 valence electrons. The molecule has 2 N–H and O–H groups in total. The summed E-state index contributed by atoms with van der Waals surface area (Å²) in [6.45, 7) is 7.58. The van der Waals surface area contributed by atoms with Crippen molar-refractivity contribution in [1.82, 2.24) is 0 Å². The van der Waals surface area contributed by atoms with Gasteiger partial charge < -0.3 is 28.9 Å². The third-order valence-corrected chi connectivity index (χ3v) is 8.09. The van der Waals surface area contributed by atoms with E-state index >= 15 is 0 Å². The monoisotopic (exact) mass is 442 g/mol. The van der Waals surface area contributed by atoms with Gasteiger partial charge >= 0.3 is 6.80 Å². The third-order valence-electron chi connectivity index (χ3n) is 4.65. The summed E-state index contributed by atoms with van der Waals surface area (Å²) in [6.07, 6.45) is -2.08. The van der Waals surface area contributed by atoms with E-state index in [9.17, 15) is 14.6 Å². The van der Waals surface area contributed by atoms with E-state index in [2.05, 4.69) is 0 Å². The predicted molar refractivity (Wildman–Crippen MR) is 108 cm³/mol. The molecule has 2 aliphatic rings. The molecule has 0 saturated carbocycles. The molecule has 0 spiro atoms. The summed E-state index contributed by atoms with van der Waals surface area (Å²) in [7, 11) is 0. The summed E-state index contributed by atoms with van der Waals surface area (Å²) < 4.78 is 40.8. The van der Waals surface area contributed by atoms with Gasteiger partial charge in [-0.3, -0.25) is 4.52 Å². The number of ether oxygens (including phenoxy) is 4. The van der Waals surface area contributed by atoms with Crippen LogP contribution in [0.2, 0.25) is 0 Å². The average molecular weight is 443 g/mol. The highest BCUT2D eigenvalue weighted by molar-refractivity contribution is 8.55. The first-order chi connectivity index (χ1) is 13.0. The molecule has 0 aromatic rings. The molecule has 0 amide bonds. The SMILES string of the molecule is CC(C)OC[C@H]1O[C@@H](C)CC1SP(=O)(O)OC[C@H]1O[C@@H](C)C(O)C1OC(C)C. The second-order valence-electron chi connectivity index (χ2n) is 8.03. The van der Waals surface area contributed by atoms with Gasteiger partial charge in [0.15, 0.2) is 0 Å². The van der Waals surface area contributed by atoms with Crippen molar-refractivity contribution in [3.63, 3.8) is 0 Å². The molecule has 2 heterocycles. The molecule has 28 heavy (non-hydrogen) atoms. The van der Waals surface area contributed by atoms with E-state index in [0.29, 0.717) is 13.0 Å². The summed E-state index contributed by atoms with van der Waals surface area (Å²) >= 11 is 0.898. The fourth-order valence-electron chi connectivity index (χ4n) is 3.37. The summed E-state index contributed by atoms with van der Waals surface area (Å²) in [5.74, 6) is 0. The summed E-state index contributed by atoms with van der Waals surface area (Å²) in [5, 5.41) is 10.0. The van der Waals surface area contributed by atoms with E-state index in [-0.39, 0.29) is 36.3 Å². The Morgan fingerprint density at radius 2 is 1.79 bits per heavy atom. The van der Waals surface area contributed by atoms with Crippen molar-refractivity contribution >= 4 is 18.2 Å². The van der Waals surface area contributed by atoms with Gasteiger partial charge in [-0.25, -0.2) is 4.57 Å². The Bertz CT molecular complexity index is 534. The van der Waals surface area contributed by atoms with Crippen LogP contribution in [0.1, 0.15) is 48.0 Å². The number of hydrogen-bond acceptors (Lipinski definition) is 8. The molecule has 8 atom stereocenters. The fourth-order valence-corrected chi connectivity index (χ4v) is 6.80. The Balaban J connectivity index is 1.90. The smallest absolute Gasteiger partial charge is 0.387 e. The number of aliphatic hydroxyl groups excluding tert-OH is 1. The van der Waals surface area contributed by atoms with Crippen LogP contribution in [0.4, 0.5) is 0 Å². The van der Waals surface area contributed by atoms with Crippen molar-refractivity contribution in [2.24, 2.45) is 0 Å². The van der Waals surface area contributed by atoms with Crippen LogP contribution in [0.5, 0.6) is 0 Å². The van der Waals surface area contributed by atoms with Crippen molar-refractivity contribution in [1.29, 1.82) is 0 Å². The van der Waals surface area contributed by atoms with Gasteiger partial charge in [0, 0.05) is 5.25 Å². The maximum Gasteiger partial charge on any atom is 0.387 e. The lowest BCUT2D eigenvalue weighted by Gasteiger charge is -2.25. The lowest BCUT2D eigenvalue weighted by molar-refractivity contribution is -0.0752. The lowest BCUT2D eigenvalue weighted by Crippen LogP contribution is -2.38. The number of hydrogen-bond donors (Lipinski definition) is 2. The molecule has 2 aliphatic heterocycles. The second-order valence-corrected chi connectivity index (χ2v) is 12.1. The van der Waals surface area contributed by atoms with E-state index in [4.69, 9.17) is 23.5 Å². The van der Waals surface area contributed by atoms with Crippen molar-refractivity contribution in [3.8, 4) is 0 Å². The lowest BCUT2D eigenvalue weighted by atomic mass is 10.1. The van der Waals surface area contributed by atoms with E-state index in [1.54, 1.807) is 6.92 Å². The van der Waals surface area contributed by atoms with Crippen LogP contribution in [0.25, 0.3) is 0 Å². The highest BCUT2D eigenvalue weighted by Gasteiger charge is 2.45. The first-order valence-electron chi connectivity index (χ1n) is 9.90. The Morgan fingerprint density at radius 1 is 1.11 bits per heavy atom. The standard InChI is InChI=1S/C18H35O8PS/c1-10(2)22-8-14-16(7-12(5)25-14)28-27(20,21)23-9-15-18(24-11(3)4)17(19)13(6)26-15/h10-19H,7-9H2,1-6H3,(H,20,21)/t12-,13-,14+,15+,16?,17?,18?/m0/s1. The Morgan fingerprint density at radius 3 is 2.39 bits per heavy atom. The Kier molecular flexibility index (Phi) is 9.26. The first-order valence-corrected chi connectivity index (χ1v) is 13.0. The molecule has 0 aromatic heterocycles. The second kappa shape index (κ2) is 10.6. The molecule has 0 bridgehead atoms. The van der Waals surface area contributed by atoms with Crippen LogP contribution >= 0.6 is 18.2 Å². The van der Waals surface area contributed by atoms with E-state index in [1.807, 2.05) is 34.6 Å². The average Bonchev–Trinajstić information content (AvgIpc) is 3.04. The van der Waals surface area contributed by atoms with Crippen LogP contribution in [-0.2, 0) is 28.0 Å². The molecule has 0 aromatic carbocycles. The molecule has 4 unspecified atom stereocenters. The van der Waals surface area contributed by atoms with Crippen LogP contribution in [-0.4, -0.2) is 77.3 Å². The molecule has 2 fully saturated rings. The Labute approximate surface area is 171 Å². The fraction of sp³-hybridized carbons (Fsp3) is 1.00. The first kappa shape index (κ1) is 24.6. The minimum Gasteiger partial charge on any atom is -0.388 e. The van der Waals surface area contributed by atoms with Crippen molar-refractivity contribution in [2.45, 2.75) is 102 Å². The molecule has 8 nitrogen and oxygen atoms in total. The predicted octanol–water partition coefficient (Wildman–Crippen LogP) is 2.75. The molecule has 10 heteroatoms. The van der Waals surface area contributed by atoms with E-state index in [1.165, 1.54) is 0 Å². The molecule has 0 aliphatic carbocycles. The quantitative estimate of drug-likeness (QED) is 0.494. The van der Waals surface area contributed by atoms with Crippen LogP contribution in [0, 0.1) is 0 Å². The highest BCUT2D eigenvalue weighted by Crippen LogP contribution is 2.60. The van der Waals surface area contributed by atoms with Gasteiger partial charge in [0.05, 0.1) is 43.7 Å². The van der Waals surface area contributed by atoms with Crippen molar-refractivity contribution in [2.75, 3.05) is 13.2 Å². The van der Waals surface area contributed by atoms with Crippen LogP contribution < -0.4 is 0 Å². The van der Waals surface area contributed by atoms with Gasteiger partial charge in [0.25, 0.3) is 0 Å². The Hall–Kier alpha value is 0.300. The molecule has 2 saturated heterocycles. The van der Waals surface area contributed by atoms with Gasteiger partial charge in [-0.1, -0.05) is 0 Å². The molecule has 0 radical (unpaired) electrons. The maximum atomic E-state index is 12.6. The van der Waals surface area contributed by atoms with Crippen molar-refractivity contribution in [3.05, 3.63) is 0 Å². The largest absolute Gasteiger partial charge is 0.388 e. The zero-order chi connectivity index (χ0) is 21.1. The van der Waals surface area contributed by atoms with Gasteiger partial charge in [0.2, 0.25) is 0 Å². The summed E-state index contributed by atoms with van der Waals surface area (Å²) in [4.78, 5) is 10.4. The van der Waals surface area contributed by atoms with Crippen LogP contribution in [0.3, 0.4) is 0 Å². The van der Waals surface area contributed by atoms with Gasteiger partial charge in [-0.15, -0.1) is 0 Å².